The molecule has 0 bridgehead atoms. The molecule has 1 atom stereocenters. The quantitative estimate of drug-likeness (QED) is 0.680. The van der Waals surface area contributed by atoms with E-state index in [0.717, 1.165) is 24.2 Å². The molecule has 2 amide bonds. The monoisotopic (exact) mass is 414 g/mol. The minimum Gasteiger partial charge on any atom is -0.497 e. The van der Waals surface area contributed by atoms with Gasteiger partial charge in [-0.25, -0.2) is 0 Å². The van der Waals surface area contributed by atoms with Gasteiger partial charge in [-0.1, -0.05) is 19.1 Å². The fraction of sp³-hybridized carbons (Fsp3) is 0.478. The molecule has 0 saturated carbocycles. The van der Waals surface area contributed by atoms with Crippen LogP contribution in [-0.4, -0.2) is 47.9 Å². The zero-order chi connectivity index (χ0) is 21.0. The van der Waals surface area contributed by atoms with E-state index in [1.807, 2.05) is 49.9 Å². The average molecular weight is 415 g/mol. The first-order chi connectivity index (χ1) is 14.0. The number of hydrogen-bond donors (Lipinski definition) is 0. The first kappa shape index (κ1) is 21.4. The van der Waals surface area contributed by atoms with Crippen LogP contribution in [-0.2, 0) is 16.0 Å². The number of fused-ring (bicyclic) bond motifs is 1. The third-order valence-corrected chi connectivity index (χ3v) is 6.43. The molecular formula is C23H30N2O3S. The molecule has 3 rings (SSSR count). The van der Waals surface area contributed by atoms with Crippen molar-refractivity contribution in [3.63, 3.8) is 0 Å². The van der Waals surface area contributed by atoms with Crippen molar-refractivity contribution >= 4 is 23.2 Å². The molecule has 1 aromatic heterocycles. The van der Waals surface area contributed by atoms with Crippen molar-refractivity contribution in [2.24, 2.45) is 0 Å². The molecule has 29 heavy (non-hydrogen) atoms. The predicted octanol–water partition coefficient (Wildman–Crippen LogP) is 4.27. The van der Waals surface area contributed by atoms with Gasteiger partial charge in [-0.3, -0.25) is 9.59 Å². The normalized spacial score (nSPS) is 15.9. The molecule has 156 valence electrons. The summed E-state index contributed by atoms with van der Waals surface area (Å²) in [6, 6.07) is 9.92. The summed E-state index contributed by atoms with van der Waals surface area (Å²) in [5.74, 6) is 0.843. The molecule has 1 aromatic carbocycles. The topological polar surface area (TPSA) is 49.9 Å². The largest absolute Gasteiger partial charge is 0.497 e. The lowest BCUT2D eigenvalue weighted by molar-refractivity contribution is -0.143. The molecule has 0 radical (unpaired) electrons. The Morgan fingerprint density at radius 2 is 1.97 bits per heavy atom. The van der Waals surface area contributed by atoms with Crippen LogP contribution in [0.15, 0.2) is 35.7 Å². The second-order valence-corrected chi connectivity index (χ2v) is 8.68. The van der Waals surface area contributed by atoms with E-state index in [0.29, 0.717) is 13.0 Å². The molecule has 0 fully saturated rings. The van der Waals surface area contributed by atoms with Crippen LogP contribution in [0.2, 0.25) is 0 Å². The molecule has 0 unspecified atom stereocenters. The second kappa shape index (κ2) is 9.44. The highest BCUT2D eigenvalue weighted by Crippen LogP contribution is 2.38. The molecule has 0 spiro atoms. The van der Waals surface area contributed by atoms with Gasteiger partial charge in [0.15, 0.2) is 0 Å². The summed E-state index contributed by atoms with van der Waals surface area (Å²) in [6.45, 7) is 6.71. The zero-order valence-electron chi connectivity index (χ0n) is 17.7. The highest BCUT2D eigenvalue weighted by Gasteiger charge is 2.34. The van der Waals surface area contributed by atoms with Gasteiger partial charge in [0.1, 0.15) is 12.3 Å². The maximum Gasteiger partial charge on any atom is 0.243 e. The first-order valence-electron chi connectivity index (χ1n) is 10.2. The van der Waals surface area contributed by atoms with Crippen LogP contribution >= 0.6 is 11.3 Å². The summed E-state index contributed by atoms with van der Waals surface area (Å²) < 4.78 is 5.29. The Morgan fingerprint density at radius 1 is 1.24 bits per heavy atom. The van der Waals surface area contributed by atoms with E-state index in [1.165, 1.54) is 10.4 Å². The Hall–Kier alpha value is -2.34. The van der Waals surface area contributed by atoms with E-state index in [4.69, 9.17) is 4.74 Å². The first-order valence-corrected chi connectivity index (χ1v) is 11.1. The highest BCUT2D eigenvalue weighted by molar-refractivity contribution is 7.10. The molecule has 0 N–H and O–H groups in total. The van der Waals surface area contributed by atoms with E-state index < -0.39 is 0 Å². The molecular weight excluding hydrogens is 384 g/mol. The molecule has 1 aliphatic heterocycles. The Labute approximate surface area is 177 Å². The number of methoxy groups -OCH3 is 1. The van der Waals surface area contributed by atoms with E-state index in [-0.39, 0.29) is 30.4 Å². The number of hydrogen-bond acceptors (Lipinski definition) is 4. The lowest BCUT2D eigenvalue weighted by atomic mass is 9.93. The summed E-state index contributed by atoms with van der Waals surface area (Å²) in [5, 5.41) is 2.10. The van der Waals surface area contributed by atoms with Crippen molar-refractivity contribution < 1.29 is 14.3 Å². The Kier molecular flexibility index (Phi) is 6.96. The van der Waals surface area contributed by atoms with Gasteiger partial charge in [0.2, 0.25) is 11.8 Å². The van der Waals surface area contributed by atoms with Crippen LogP contribution in [0, 0.1) is 0 Å². The standard InChI is InChI=1S/C23H30N2O3S/c1-5-6-21(26)25(16(2)3)15-22(27)24-13-11-20-19(12-14-29-20)23(24)17-7-9-18(28-4)10-8-17/h7-10,12,14,16,23H,5-6,11,13,15H2,1-4H3/t23-/m1/s1. The predicted molar refractivity (Wildman–Crippen MR) is 116 cm³/mol. The summed E-state index contributed by atoms with van der Waals surface area (Å²) in [4.78, 5) is 30.9. The maximum absolute atomic E-state index is 13.4. The lowest BCUT2D eigenvalue weighted by Crippen LogP contribution is -2.48. The third-order valence-electron chi connectivity index (χ3n) is 5.43. The van der Waals surface area contributed by atoms with Crippen molar-refractivity contribution in [2.75, 3.05) is 20.2 Å². The van der Waals surface area contributed by atoms with E-state index >= 15 is 0 Å². The van der Waals surface area contributed by atoms with Gasteiger partial charge in [-0.2, -0.15) is 0 Å². The molecule has 5 nitrogen and oxygen atoms in total. The number of carbonyl (C=O) groups is 2. The van der Waals surface area contributed by atoms with Crippen LogP contribution in [0.4, 0.5) is 0 Å². The van der Waals surface area contributed by atoms with Crippen LogP contribution < -0.4 is 4.74 Å². The number of rotatable bonds is 7. The van der Waals surface area contributed by atoms with Gasteiger partial charge in [-0.05, 0) is 61.4 Å². The van der Waals surface area contributed by atoms with Crippen LogP contribution in [0.1, 0.15) is 55.7 Å². The van der Waals surface area contributed by atoms with Crippen LogP contribution in [0.25, 0.3) is 0 Å². The van der Waals surface area contributed by atoms with Crippen LogP contribution in [0.5, 0.6) is 5.75 Å². The summed E-state index contributed by atoms with van der Waals surface area (Å²) >= 11 is 1.75. The van der Waals surface area contributed by atoms with Gasteiger partial charge in [0, 0.05) is 23.9 Å². The van der Waals surface area contributed by atoms with E-state index in [1.54, 1.807) is 23.3 Å². The van der Waals surface area contributed by atoms with Gasteiger partial charge in [0.05, 0.1) is 13.2 Å². The average Bonchev–Trinajstić information content (AvgIpc) is 3.20. The summed E-state index contributed by atoms with van der Waals surface area (Å²) in [7, 11) is 1.65. The molecule has 1 aliphatic rings. The highest BCUT2D eigenvalue weighted by atomic mass is 32.1. The number of nitrogens with zero attached hydrogens (tertiary/aromatic N) is 2. The minimum atomic E-state index is -0.126. The van der Waals surface area contributed by atoms with E-state index in [2.05, 4.69) is 11.4 Å². The van der Waals surface area contributed by atoms with Gasteiger partial charge in [0.25, 0.3) is 0 Å². The molecule has 2 heterocycles. The third kappa shape index (κ3) is 4.64. The number of amides is 2. The van der Waals surface area contributed by atoms with Crippen molar-refractivity contribution in [3.8, 4) is 5.75 Å². The number of ether oxygens (including phenoxy) is 1. The van der Waals surface area contributed by atoms with Gasteiger partial charge < -0.3 is 14.5 Å². The van der Waals surface area contributed by atoms with Crippen molar-refractivity contribution in [1.29, 1.82) is 0 Å². The van der Waals surface area contributed by atoms with Crippen molar-refractivity contribution in [2.45, 2.75) is 52.1 Å². The summed E-state index contributed by atoms with van der Waals surface area (Å²) in [6.07, 6.45) is 2.12. The summed E-state index contributed by atoms with van der Waals surface area (Å²) in [5.41, 5.74) is 2.25. The van der Waals surface area contributed by atoms with Gasteiger partial charge >= 0.3 is 0 Å². The van der Waals surface area contributed by atoms with Crippen LogP contribution in [0.3, 0.4) is 0 Å². The molecule has 6 heteroatoms. The Morgan fingerprint density at radius 3 is 2.59 bits per heavy atom. The second-order valence-electron chi connectivity index (χ2n) is 7.68. The van der Waals surface area contributed by atoms with E-state index in [9.17, 15) is 9.59 Å². The lowest BCUT2D eigenvalue weighted by Gasteiger charge is -2.38. The number of thiophene rings is 1. The van der Waals surface area contributed by atoms with Gasteiger partial charge in [-0.15, -0.1) is 11.3 Å². The number of benzene rings is 1. The molecule has 2 aromatic rings. The minimum absolute atomic E-state index is 0.000760. The van der Waals surface area contributed by atoms with Crippen molar-refractivity contribution in [3.05, 3.63) is 51.7 Å². The zero-order valence-corrected chi connectivity index (χ0v) is 18.5. The molecule has 0 saturated heterocycles. The smallest absolute Gasteiger partial charge is 0.243 e. The Bertz CT molecular complexity index is 844. The van der Waals surface area contributed by atoms with Crippen molar-refractivity contribution in [1.82, 2.24) is 9.80 Å². The Balaban J connectivity index is 1.89. The SMILES string of the molecule is CCCC(=O)N(CC(=O)N1CCc2sccc2[C@H]1c1ccc(OC)cc1)C(C)C. The fourth-order valence-corrected chi connectivity index (χ4v) is 4.79. The number of carbonyl (C=O) groups excluding carboxylic acids is 2. The maximum atomic E-state index is 13.4. The fourth-order valence-electron chi connectivity index (χ4n) is 3.88. The molecule has 0 aliphatic carbocycles.